The summed E-state index contributed by atoms with van der Waals surface area (Å²) < 4.78 is 0. The molecule has 5 heteroatoms. The van der Waals surface area contributed by atoms with Crippen molar-refractivity contribution in [3.05, 3.63) is 22.4 Å². The van der Waals surface area contributed by atoms with Crippen molar-refractivity contribution in [3.8, 4) is 0 Å². The molecule has 4 nitrogen and oxygen atoms in total. The Morgan fingerprint density at radius 3 is 2.60 bits per heavy atom. The topological polar surface area (TPSA) is 56.7 Å². The first-order chi connectivity index (χ1) is 9.63. The first kappa shape index (κ1) is 17.0. The summed E-state index contributed by atoms with van der Waals surface area (Å²) >= 11 is 1.77. The summed E-state index contributed by atoms with van der Waals surface area (Å²) in [4.78, 5) is 5.86. The van der Waals surface area contributed by atoms with E-state index in [4.69, 9.17) is 0 Å². The van der Waals surface area contributed by atoms with Crippen LogP contribution in [0.15, 0.2) is 22.5 Å². The average Bonchev–Trinajstić information content (AvgIpc) is 2.97. The second-order valence-electron chi connectivity index (χ2n) is 4.88. The standard InChI is InChI=1S/C15H27N3OS/c1-4-15(19,5-2)12-18-14(16-6-3)17-10-9-13-8-7-11-20-13/h7-8,11,19H,4-6,9-10,12H2,1-3H3,(H2,16,17,18). The zero-order chi connectivity index (χ0) is 14.8. The van der Waals surface area contributed by atoms with Crippen LogP contribution in [0.1, 0.15) is 38.5 Å². The highest BCUT2D eigenvalue weighted by molar-refractivity contribution is 7.09. The average molecular weight is 297 g/mol. The van der Waals surface area contributed by atoms with Crippen LogP contribution >= 0.6 is 11.3 Å². The molecule has 0 saturated heterocycles. The third kappa shape index (κ3) is 5.92. The fourth-order valence-corrected chi connectivity index (χ4v) is 2.51. The molecular formula is C15H27N3OS. The molecule has 1 aromatic rings. The summed E-state index contributed by atoms with van der Waals surface area (Å²) in [5.41, 5.74) is -0.684. The maximum absolute atomic E-state index is 10.3. The smallest absolute Gasteiger partial charge is 0.191 e. The van der Waals surface area contributed by atoms with E-state index in [1.807, 2.05) is 20.8 Å². The summed E-state index contributed by atoms with van der Waals surface area (Å²) in [5, 5.41) is 18.9. The third-order valence-corrected chi connectivity index (χ3v) is 4.37. The molecule has 0 saturated carbocycles. The van der Waals surface area contributed by atoms with E-state index in [2.05, 4.69) is 33.1 Å². The van der Waals surface area contributed by atoms with E-state index in [0.717, 1.165) is 38.3 Å². The van der Waals surface area contributed by atoms with Gasteiger partial charge in [-0.05, 0) is 37.6 Å². The van der Waals surface area contributed by atoms with Crippen LogP contribution in [-0.4, -0.2) is 36.3 Å². The van der Waals surface area contributed by atoms with Crippen molar-refractivity contribution in [1.29, 1.82) is 0 Å². The molecular weight excluding hydrogens is 270 g/mol. The number of thiophene rings is 1. The Labute approximate surface area is 126 Å². The van der Waals surface area contributed by atoms with Crippen LogP contribution < -0.4 is 10.6 Å². The van der Waals surface area contributed by atoms with Crippen LogP contribution in [0.4, 0.5) is 0 Å². The van der Waals surface area contributed by atoms with Crippen molar-refractivity contribution in [2.75, 3.05) is 19.6 Å². The van der Waals surface area contributed by atoms with Gasteiger partial charge in [0, 0.05) is 18.0 Å². The lowest BCUT2D eigenvalue weighted by Crippen LogP contribution is -2.40. The lowest BCUT2D eigenvalue weighted by molar-refractivity contribution is 0.0418. The number of nitrogens with one attached hydrogen (secondary N) is 2. The van der Waals surface area contributed by atoms with Crippen LogP contribution in [0.25, 0.3) is 0 Å². The predicted molar refractivity (Wildman–Crippen MR) is 87.5 cm³/mol. The van der Waals surface area contributed by atoms with E-state index in [1.165, 1.54) is 4.88 Å². The van der Waals surface area contributed by atoms with E-state index in [1.54, 1.807) is 11.3 Å². The van der Waals surface area contributed by atoms with Crippen molar-refractivity contribution in [2.45, 2.75) is 45.6 Å². The highest BCUT2D eigenvalue weighted by Crippen LogP contribution is 2.14. The molecule has 1 rings (SSSR count). The van der Waals surface area contributed by atoms with Crippen molar-refractivity contribution in [1.82, 2.24) is 10.6 Å². The molecule has 1 heterocycles. The molecule has 3 N–H and O–H groups in total. The number of aliphatic imine (C=N–C) groups is 1. The Morgan fingerprint density at radius 1 is 1.30 bits per heavy atom. The molecule has 0 fully saturated rings. The monoisotopic (exact) mass is 297 g/mol. The summed E-state index contributed by atoms with van der Waals surface area (Å²) in [6.45, 7) is 8.15. The SMILES string of the molecule is CCNC(=NCC(O)(CC)CC)NCCc1cccs1. The second-order valence-corrected chi connectivity index (χ2v) is 5.91. The molecule has 114 valence electrons. The van der Waals surface area contributed by atoms with E-state index in [0.29, 0.717) is 6.54 Å². The van der Waals surface area contributed by atoms with E-state index >= 15 is 0 Å². The molecule has 0 spiro atoms. The van der Waals surface area contributed by atoms with Crippen molar-refractivity contribution in [3.63, 3.8) is 0 Å². The largest absolute Gasteiger partial charge is 0.388 e. The zero-order valence-electron chi connectivity index (χ0n) is 12.8. The van der Waals surface area contributed by atoms with Gasteiger partial charge in [-0.3, -0.25) is 4.99 Å². The minimum absolute atomic E-state index is 0.439. The number of nitrogens with zero attached hydrogens (tertiary/aromatic N) is 1. The van der Waals surface area contributed by atoms with Crippen molar-refractivity contribution in [2.24, 2.45) is 4.99 Å². The van der Waals surface area contributed by atoms with Gasteiger partial charge in [-0.15, -0.1) is 11.3 Å². The predicted octanol–water partition coefficient (Wildman–Crippen LogP) is 2.40. The lowest BCUT2D eigenvalue weighted by atomic mass is 9.98. The lowest BCUT2D eigenvalue weighted by Gasteiger charge is -2.23. The van der Waals surface area contributed by atoms with Crippen LogP contribution in [0.2, 0.25) is 0 Å². The number of hydrogen-bond donors (Lipinski definition) is 3. The molecule has 0 radical (unpaired) electrons. The Hall–Kier alpha value is -1.07. The highest BCUT2D eigenvalue weighted by atomic mass is 32.1. The molecule has 0 aromatic carbocycles. The third-order valence-electron chi connectivity index (χ3n) is 3.44. The number of rotatable bonds is 8. The first-order valence-electron chi connectivity index (χ1n) is 7.40. The Bertz CT molecular complexity index is 386. The van der Waals surface area contributed by atoms with E-state index in [9.17, 15) is 5.11 Å². The van der Waals surface area contributed by atoms with Crippen LogP contribution in [0, 0.1) is 0 Å². The molecule has 0 aliphatic carbocycles. The first-order valence-corrected chi connectivity index (χ1v) is 8.28. The molecule has 0 bridgehead atoms. The molecule has 0 aliphatic heterocycles. The zero-order valence-corrected chi connectivity index (χ0v) is 13.6. The molecule has 20 heavy (non-hydrogen) atoms. The van der Waals surface area contributed by atoms with Gasteiger partial charge in [0.15, 0.2) is 5.96 Å². The molecule has 0 atom stereocenters. The van der Waals surface area contributed by atoms with Gasteiger partial charge in [0.1, 0.15) is 0 Å². The number of hydrogen-bond acceptors (Lipinski definition) is 3. The molecule has 0 aliphatic rings. The maximum Gasteiger partial charge on any atom is 0.191 e. The Morgan fingerprint density at radius 2 is 2.05 bits per heavy atom. The number of aliphatic hydroxyl groups is 1. The quantitative estimate of drug-likeness (QED) is 0.510. The van der Waals surface area contributed by atoms with Gasteiger partial charge >= 0.3 is 0 Å². The maximum atomic E-state index is 10.3. The van der Waals surface area contributed by atoms with Crippen molar-refractivity contribution < 1.29 is 5.11 Å². The molecule has 0 unspecified atom stereocenters. The fourth-order valence-electron chi connectivity index (χ4n) is 1.80. The van der Waals surface area contributed by atoms with Crippen LogP contribution in [0.5, 0.6) is 0 Å². The van der Waals surface area contributed by atoms with Gasteiger partial charge in [-0.2, -0.15) is 0 Å². The Kier molecular flexibility index (Phi) is 7.62. The highest BCUT2D eigenvalue weighted by Gasteiger charge is 2.21. The van der Waals surface area contributed by atoms with E-state index in [-0.39, 0.29) is 0 Å². The molecule has 1 aromatic heterocycles. The van der Waals surface area contributed by atoms with Gasteiger partial charge in [-0.25, -0.2) is 0 Å². The Balaban J connectivity index is 2.46. The van der Waals surface area contributed by atoms with Crippen LogP contribution in [0.3, 0.4) is 0 Å². The second kappa shape index (κ2) is 8.97. The minimum Gasteiger partial charge on any atom is -0.388 e. The van der Waals surface area contributed by atoms with Gasteiger partial charge in [0.2, 0.25) is 0 Å². The molecule has 0 amide bonds. The van der Waals surface area contributed by atoms with Gasteiger partial charge in [0.05, 0.1) is 12.1 Å². The normalized spacial score (nSPS) is 12.5. The summed E-state index contributed by atoms with van der Waals surface area (Å²) in [6, 6.07) is 4.21. The summed E-state index contributed by atoms with van der Waals surface area (Å²) in [6.07, 6.45) is 2.44. The van der Waals surface area contributed by atoms with Crippen LogP contribution in [-0.2, 0) is 6.42 Å². The van der Waals surface area contributed by atoms with Gasteiger partial charge < -0.3 is 15.7 Å². The fraction of sp³-hybridized carbons (Fsp3) is 0.667. The minimum atomic E-state index is -0.684. The summed E-state index contributed by atoms with van der Waals surface area (Å²) in [7, 11) is 0. The van der Waals surface area contributed by atoms with E-state index < -0.39 is 5.60 Å². The van der Waals surface area contributed by atoms with Crippen molar-refractivity contribution >= 4 is 17.3 Å². The van der Waals surface area contributed by atoms with Gasteiger partial charge in [-0.1, -0.05) is 19.9 Å². The number of guanidine groups is 1. The summed E-state index contributed by atoms with van der Waals surface area (Å²) in [5.74, 6) is 0.782. The van der Waals surface area contributed by atoms with Gasteiger partial charge in [0.25, 0.3) is 0 Å².